The highest BCUT2D eigenvalue weighted by molar-refractivity contribution is 7.12. The van der Waals surface area contributed by atoms with Crippen molar-refractivity contribution in [2.24, 2.45) is 5.73 Å². The standard InChI is InChI=1S/C14H25NS/c1-4-5-6-7-8-9-13(15)14-11(2)10-12(3)16-14/h10,13H,4-9,15H2,1-3H3. The molecule has 0 radical (unpaired) electrons. The van der Waals surface area contributed by atoms with E-state index in [1.54, 1.807) is 0 Å². The molecule has 0 spiro atoms. The minimum absolute atomic E-state index is 0.264. The van der Waals surface area contributed by atoms with Crippen molar-refractivity contribution in [1.29, 1.82) is 0 Å². The molecule has 0 aliphatic heterocycles. The van der Waals surface area contributed by atoms with E-state index in [-0.39, 0.29) is 6.04 Å². The van der Waals surface area contributed by atoms with E-state index in [1.165, 1.54) is 47.4 Å². The van der Waals surface area contributed by atoms with E-state index in [4.69, 9.17) is 5.73 Å². The summed E-state index contributed by atoms with van der Waals surface area (Å²) in [7, 11) is 0. The van der Waals surface area contributed by atoms with E-state index in [2.05, 4.69) is 26.8 Å². The number of hydrogen-bond acceptors (Lipinski definition) is 2. The Morgan fingerprint density at radius 3 is 2.44 bits per heavy atom. The number of unbranched alkanes of at least 4 members (excludes halogenated alkanes) is 4. The van der Waals surface area contributed by atoms with Crippen LogP contribution in [-0.2, 0) is 0 Å². The molecule has 1 nitrogen and oxygen atoms in total. The molecule has 16 heavy (non-hydrogen) atoms. The first-order valence-electron chi connectivity index (χ1n) is 6.47. The molecule has 0 aliphatic rings. The topological polar surface area (TPSA) is 26.0 Å². The van der Waals surface area contributed by atoms with E-state index in [0.717, 1.165) is 6.42 Å². The quantitative estimate of drug-likeness (QED) is 0.684. The van der Waals surface area contributed by atoms with Gasteiger partial charge >= 0.3 is 0 Å². The third kappa shape index (κ3) is 4.26. The van der Waals surface area contributed by atoms with E-state index in [1.807, 2.05) is 11.3 Å². The van der Waals surface area contributed by atoms with Gasteiger partial charge in [0.05, 0.1) is 0 Å². The molecule has 1 heterocycles. The summed E-state index contributed by atoms with van der Waals surface area (Å²) in [5.41, 5.74) is 7.61. The lowest BCUT2D eigenvalue weighted by Gasteiger charge is -2.10. The van der Waals surface area contributed by atoms with Crippen LogP contribution in [0.4, 0.5) is 0 Å². The van der Waals surface area contributed by atoms with Crippen LogP contribution in [0.3, 0.4) is 0 Å². The molecule has 1 aromatic heterocycles. The Labute approximate surface area is 104 Å². The van der Waals surface area contributed by atoms with Crippen LogP contribution in [-0.4, -0.2) is 0 Å². The fourth-order valence-electron chi connectivity index (χ4n) is 2.13. The van der Waals surface area contributed by atoms with Gasteiger partial charge in [0.15, 0.2) is 0 Å². The van der Waals surface area contributed by atoms with E-state index >= 15 is 0 Å². The number of thiophene rings is 1. The van der Waals surface area contributed by atoms with Gasteiger partial charge in [0.1, 0.15) is 0 Å². The molecule has 0 aromatic carbocycles. The Bertz CT molecular complexity index is 304. The summed E-state index contributed by atoms with van der Waals surface area (Å²) in [5.74, 6) is 0. The van der Waals surface area contributed by atoms with Crippen molar-refractivity contribution >= 4 is 11.3 Å². The highest BCUT2D eigenvalue weighted by Gasteiger charge is 2.11. The highest BCUT2D eigenvalue weighted by Crippen LogP contribution is 2.29. The lowest BCUT2D eigenvalue weighted by molar-refractivity contribution is 0.558. The fraction of sp³-hybridized carbons (Fsp3) is 0.714. The Morgan fingerprint density at radius 1 is 1.19 bits per heavy atom. The van der Waals surface area contributed by atoms with Crippen LogP contribution in [0.15, 0.2) is 6.07 Å². The van der Waals surface area contributed by atoms with Crippen LogP contribution in [0.5, 0.6) is 0 Å². The molecular weight excluding hydrogens is 214 g/mol. The Balaban J connectivity index is 2.29. The fourth-order valence-corrected chi connectivity index (χ4v) is 3.20. The van der Waals surface area contributed by atoms with Gasteiger partial charge in [0.25, 0.3) is 0 Å². The van der Waals surface area contributed by atoms with Gasteiger partial charge in [-0.3, -0.25) is 0 Å². The van der Waals surface area contributed by atoms with Gasteiger partial charge < -0.3 is 5.73 Å². The van der Waals surface area contributed by atoms with Crippen molar-refractivity contribution in [1.82, 2.24) is 0 Å². The summed E-state index contributed by atoms with van der Waals surface area (Å²) >= 11 is 1.87. The molecule has 0 fully saturated rings. The van der Waals surface area contributed by atoms with Gasteiger partial charge in [-0.1, -0.05) is 39.0 Å². The van der Waals surface area contributed by atoms with Crippen LogP contribution in [0.2, 0.25) is 0 Å². The second-order valence-corrected chi connectivity index (χ2v) is 6.00. The van der Waals surface area contributed by atoms with Crippen LogP contribution >= 0.6 is 11.3 Å². The zero-order chi connectivity index (χ0) is 12.0. The van der Waals surface area contributed by atoms with Crippen molar-refractivity contribution in [3.8, 4) is 0 Å². The van der Waals surface area contributed by atoms with Crippen LogP contribution in [0.1, 0.15) is 66.8 Å². The zero-order valence-electron chi connectivity index (χ0n) is 10.9. The molecule has 2 N–H and O–H groups in total. The van der Waals surface area contributed by atoms with Gasteiger partial charge in [0, 0.05) is 15.8 Å². The van der Waals surface area contributed by atoms with E-state index in [9.17, 15) is 0 Å². The number of rotatable bonds is 7. The summed E-state index contributed by atoms with van der Waals surface area (Å²) in [6, 6.07) is 2.51. The second-order valence-electron chi connectivity index (χ2n) is 4.71. The predicted octanol–water partition coefficient (Wildman–Crippen LogP) is 4.73. The van der Waals surface area contributed by atoms with Gasteiger partial charge in [0.2, 0.25) is 0 Å². The average molecular weight is 239 g/mol. The molecule has 0 aliphatic carbocycles. The molecule has 0 saturated heterocycles. The smallest absolute Gasteiger partial charge is 0.0392 e. The van der Waals surface area contributed by atoms with E-state index in [0.29, 0.717) is 0 Å². The summed E-state index contributed by atoms with van der Waals surface area (Å²) in [6.45, 7) is 6.59. The molecule has 1 rings (SSSR count). The SMILES string of the molecule is CCCCCCCC(N)c1sc(C)cc1C. The van der Waals surface area contributed by atoms with Crippen molar-refractivity contribution in [3.63, 3.8) is 0 Å². The first-order valence-corrected chi connectivity index (χ1v) is 7.29. The zero-order valence-corrected chi connectivity index (χ0v) is 11.7. The maximum Gasteiger partial charge on any atom is 0.0392 e. The first-order chi connectivity index (χ1) is 7.65. The number of aryl methyl sites for hydroxylation is 2. The third-order valence-electron chi connectivity index (χ3n) is 3.03. The number of nitrogens with two attached hydrogens (primary N) is 1. The molecule has 92 valence electrons. The van der Waals surface area contributed by atoms with Gasteiger partial charge in [-0.15, -0.1) is 11.3 Å². The maximum atomic E-state index is 6.23. The lowest BCUT2D eigenvalue weighted by Crippen LogP contribution is -2.09. The average Bonchev–Trinajstić information content (AvgIpc) is 2.57. The van der Waals surface area contributed by atoms with Crippen molar-refractivity contribution < 1.29 is 0 Å². The third-order valence-corrected chi connectivity index (χ3v) is 4.32. The van der Waals surface area contributed by atoms with Crippen LogP contribution < -0.4 is 5.73 Å². The van der Waals surface area contributed by atoms with E-state index < -0.39 is 0 Å². The molecule has 0 amide bonds. The number of hydrogen-bond donors (Lipinski definition) is 1. The Hall–Kier alpha value is -0.340. The van der Waals surface area contributed by atoms with Gasteiger partial charge in [-0.05, 0) is 31.9 Å². The van der Waals surface area contributed by atoms with Crippen LogP contribution in [0, 0.1) is 13.8 Å². The lowest BCUT2D eigenvalue weighted by atomic mass is 10.0. The molecule has 1 aromatic rings. The van der Waals surface area contributed by atoms with Gasteiger partial charge in [-0.2, -0.15) is 0 Å². The molecule has 0 saturated carbocycles. The van der Waals surface area contributed by atoms with Gasteiger partial charge in [-0.25, -0.2) is 0 Å². The van der Waals surface area contributed by atoms with Crippen molar-refractivity contribution in [2.45, 2.75) is 65.3 Å². The summed E-state index contributed by atoms with van der Waals surface area (Å²) < 4.78 is 0. The van der Waals surface area contributed by atoms with Crippen molar-refractivity contribution in [2.75, 3.05) is 0 Å². The minimum atomic E-state index is 0.264. The summed E-state index contributed by atoms with van der Waals surface area (Å²) in [6.07, 6.45) is 7.81. The highest BCUT2D eigenvalue weighted by atomic mass is 32.1. The molecule has 2 heteroatoms. The molecule has 1 unspecified atom stereocenters. The summed E-state index contributed by atoms with van der Waals surface area (Å²) in [5, 5.41) is 0. The monoisotopic (exact) mass is 239 g/mol. The maximum absolute atomic E-state index is 6.23. The predicted molar refractivity (Wildman–Crippen MR) is 74.1 cm³/mol. The Morgan fingerprint density at radius 2 is 1.88 bits per heavy atom. The Kier molecular flexibility index (Phi) is 6.07. The largest absolute Gasteiger partial charge is 0.323 e. The minimum Gasteiger partial charge on any atom is -0.323 e. The van der Waals surface area contributed by atoms with Crippen LogP contribution in [0.25, 0.3) is 0 Å². The molecular formula is C14H25NS. The second kappa shape index (κ2) is 7.08. The first kappa shape index (κ1) is 13.7. The molecule has 0 bridgehead atoms. The normalized spacial score (nSPS) is 13.0. The molecule has 1 atom stereocenters. The summed E-state index contributed by atoms with van der Waals surface area (Å²) in [4.78, 5) is 2.78. The van der Waals surface area contributed by atoms with Crippen molar-refractivity contribution in [3.05, 3.63) is 21.4 Å².